The fourth-order valence-electron chi connectivity index (χ4n) is 2.37. The maximum absolute atomic E-state index is 12.0. The third-order valence-electron chi connectivity index (χ3n) is 3.50. The molecule has 104 valence electrons. The van der Waals surface area contributed by atoms with Crippen LogP contribution in [0.5, 0.6) is 0 Å². The van der Waals surface area contributed by atoms with E-state index in [4.69, 9.17) is 5.11 Å². The summed E-state index contributed by atoms with van der Waals surface area (Å²) in [6, 6.07) is 8.09. The largest absolute Gasteiger partial charge is 0.393 e. The summed E-state index contributed by atoms with van der Waals surface area (Å²) in [6.45, 7) is 3.15. The van der Waals surface area contributed by atoms with E-state index in [0.29, 0.717) is 6.54 Å². The molecular weight excluding hydrogens is 240 g/mol. The number of fused-ring (bicyclic) bond motifs is 1. The average molecular weight is 262 g/mol. The zero-order valence-electron chi connectivity index (χ0n) is 11.4. The molecule has 3 N–H and O–H groups in total. The predicted molar refractivity (Wildman–Crippen MR) is 74.7 cm³/mol. The lowest BCUT2D eigenvalue weighted by Gasteiger charge is -2.25. The Kier molecular flexibility index (Phi) is 4.93. The molecule has 4 heteroatoms. The molecular formula is C15H22N2O2. The highest BCUT2D eigenvalue weighted by Crippen LogP contribution is 2.16. The number of hydrogen-bond acceptors (Lipinski definition) is 3. The van der Waals surface area contributed by atoms with Crippen molar-refractivity contribution in [3.05, 3.63) is 35.4 Å². The summed E-state index contributed by atoms with van der Waals surface area (Å²) < 4.78 is 0. The van der Waals surface area contributed by atoms with Crippen LogP contribution in [0.15, 0.2) is 24.3 Å². The highest BCUT2D eigenvalue weighted by atomic mass is 16.3. The molecule has 0 fully saturated rings. The Balaban J connectivity index is 1.79. The van der Waals surface area contributed by atoms with Crippen molar-refractivity contribution < 1.29 is 9.90 Å². The van der Waals surface area contributed by atoms with Crippen LogP contribution in [-0.4, -0.2) is 29.7 Å². The Hall–Kier alpha value is -1.39. The number of benzene rings is 1. The van der Waals surface area contributed by atoms with E-state index in [1.54, 1.807) is 6.92 Å². The fourth-order valence-corrected chi connectivity index (χ4v) is 2.37. The summed E-state index contributed by atoms with van der Waals surface area (Å²) >= 11 is 0. The minimum absolute atomic E-state index is 0.0556. The third-order valence-corrected chi connectivity index (χ3v) is 3.50. The van der Waals surface area contributed by atoms with Gasteiger partial charge in [-0.2, -0.15) is 0 Å². The van der Waals surface area contributed by atoms with Crippen LogP contribution < -0.4 is 10.6 Å². The van der Waals surface area contributed by atoms with Crippen molar-refractivity contribution in [1.29, 1.82) is 0 Å². The number of rotatable bonds is 5. The molecule has 1 aromatic rings. The third kappa shape index (κ3) is 4.04. The van der Waals surface area contributed by atoms with Gasteiger partial charge in [0.25, 0.3) is 0 Å². The summed E-state index contributed by atoms with van der Waals surface area (Å²) in [5, 5.41) is 15.3. The van der Waals surface area contributed by atoms with E-state index in [-0.39, 0.29) is 18.1 Å². The second-order valence-corrected chi connectivity index (χ2v) is 5.19. The van der Waals surface area contributed by atoms with E-state index in [1.807, 2.05) is 12.1 Å². The first kappa shape index (κ1) is 14.0. The van der Waals surface area contributed by atoms with Gasteiger partial charge in [0.2, 0.25) is 5.91 Å². The van der Waals surface area contributed by atoms with Crippen molar-refractivity contribution in [3.8, 4) is 0 Å². The normalized spacial score (nSPS) is 19.6. The monoisotopic (exact) mass is 262 g/mol. The SMILES string of the molecule is CC(O)CCCNC(=O)[C@H]1Cc2ccccc2CN1. The lowest BCUT2D eigenvalue weighted by Crippen LogP contribution is -2.47. The number of aliphatic hydroxyl groups excluding tert-OH is 1. The van der Waals surface area contributed by atoms with Crippen LogP contribution >= 0.6 is 0 Å². The summed E-state index contributed by atoms with van der Waals surface area (Å²) in [7, 11) is 0. The van der Waals surface area contributed by atoms with Crippen molar-refractivity contribution in [3.63, 3.8) is 0 Å². The van der Waals surface area contributed by atoms with E-state index >= 15 is 0 Å². The number of hydrogen-bond donors (Lipinski definition) is 3. The molecule has 1 aliphatic heterocycles. The van der Waals surface area contributed by atoms with Crippen molar-refractivity contribution in [1.82, 2.24) is 10.6 Å². The quantitative estimate of drug-likeness (QED) is 0.693. The number of nitrogens with one attached hydrogen (secondary N) is 2. The molecule has 0 saturated carbocycles. The molecule has 1 aromatic carbocycles. The van der Waals surface area contributed by atoms with E-state index in [2.05, 4.69) is 22.8 Å². The molecule has 0 radical (unpaired) electrons. The second kappa shape index (κ2) is 6.68. The molecule has 1 unspecified atom stereocenters. The molecule has 0 aromatic heterocycles. The predicted octanol–water partition coefficient (Wildman–Crippen LogP) is 0.978. The van der Waals surface area contributed by atoms with Crippen molar-refractivity contribution in [2.75, 3.05) is 6.54 Å². The Labute approximate surface area is 114 Å². The van der Waals surface area contributed by atoms with Gasteiger partial charge in [0.15, 0.2) is 0 Å². The smallest absolute Gasteiger partial charge is 0.237 e. The van der Waals surface area contributed by atoms with Gasteiger partial charge in [-0.3, -0.25) is 4.79 Å². The molecule has 1 aliphatic rings. The highest BCUT2D eigenvalue weighted by Gasteiger charge is 2.23. The van der Waals surface area contributed by atoms with Crippen LogP contribution in [0.25, 0.3) is 0 Å². The summed E-state index contributed by atoms with van der Waals surface area (Å²) in [5.74, 6) is 0.0556. The first-order valence-electron chi connectivity index (χ1n) is 6.93. The maximum Gasteiger partial charge on any atom is 0.237 e. The number of amides is 1. The van der Waals surface area contributed by atoms with E-state index in [1.165, 1.54) is 11.1 Å². The summed E-state index contributed by atoms with van der Waals surface area (Å²) in [5.41, 5.74) is 2.53. The van der Waals surface area contributed by atoms with Crippen LogP contribution in [0.4, 0.5) is 0 Å². The summed E-state index contributed by atoms with van der Waals surface area (Å²) in [6.07, 6.45) is 1.99. The van der Waals surface area contributed by atoms with E-state index in [0.717, 1.165) is 25.8 Å². The van der Waals surface area contributed by atoms with Crippen LogP contribution in [0, 0.1) is 0 Å². The van der Waals surface area contributed by atoms with Gasteiger partial charge in [0.05, 0.1) is 12.1 Å². The zero-order chi connectivity index (χ0) is 13.7. The lowest BCUT2D eigenvalue weighted by atomic mass is 9.95. The topological polar surface area (TPSA) is 61.4 Å². The molecule has 19 heavy (non-hydrogen) atoms. The zero-order valence-corrected chi connectivity index (χ0v) is 11.4. The van der Waals surface area contributed by atoms with E-state index < -0.39 is 0 Å². The van der Waals surface area contributed by atoms with Crippen LogP contribution in [0.1, 0.15) is 30.9 Å². The van der Waals surface area contributed by atoms with Crippen molar-refractivity contribution in [2.45, 2.75) is 44.9 Å². The minimum Gasteiger partial charge on any atom is -0.393 e. The number of carbonyl (C=O) groups is 1. The van der Waals surface area contributed by atoms with Crippen LogP contribution in [-0.2, 0) is 17.8 Å². The van der Waals surface area contributed by atoms with Gasteiger partial charge in [-0.25, -0.2) is 0 Å². The first-order chi connectivity index (χ1) is 9.16. The first-order valence-corrected chi connectivity index (χ1v) is 6.93. The molecule has 4 nitrogen and oxygen atoms in total. The maximum atomic E-state index is 12.0. The van der Waals surface area contributed by atoms with Gasteiger partial charge in [0, 0.05) is 13.1 Å². The molecule has 1 amide bonds. The molecule has 0 saturated heterocycles. The molecule has 1 heterocycles. The Bertz CT molecular complexity index is 432. The Morgan fingerprint density at radius 2 is 2.21 bits per heavy atom. The molecule has 2 rings (SSSR count). The van der Waals surface area contributed by atoms with Gasteiger partial charge >= 0.3 is 0 Å². The standard InChI is InChI=1S/C15H22N2O2/c1-11(18)5-4-8-16-15(19)14-9-12-6-2-3-7-13(12)10-17-14/h2-3,6-7,11,14,17-18H,4-5,8-10H2,1H3,(H,16,19)/t11?,14-/m1/s1. The van der Waals surface area contributed by atoms with Gasteiger partial charge in [-0.05, 0) is 37.3 Å². The number of carbonyl (C=O) groups excluding carboxylic acids is 1. The van der Waals surface area contributed by atoms with Crippen molar-refractivity contribution in [2.24, 2.45) is 0 Å². The van der Waals surface area contributed by atoms with Gasteiger partial charge < -0.3 is 15.7 Å². The van der Waals surface area contributed by atoms with Gasteiger partial charge in [-0.15, -0.1) is 0 Å². The Morgan fingerprint density at radius 1 is 1.47 bits per heavy atom. The Morgan fingerprint density at radius 3 is 2.95 bits per heavy atom. The molecule has 0 spiro atoms. The highest BCUT2D eigenvalue weighted by molar-refractivity contribution is 5.82. The molecule has 0 bridgehead atoms. The fraction of sp³-hybridized carbons (Fsp3) is 0.533. The second-order valence-electron chi connectivity index (χ2n) is 5.19. The van der Waals surface area contributed by atoms with Gasteiger partial charge in [-0.1, -0.05) is 24.3 Å². The van der Waals surface area contributed by atoms with Crippen LogP contribution in [0.2, 0.25) is 0 Å². The molecule has 0 aliphatic carbocycles. The van der Waals surface area contributed by atoms with E-state index in [9.17, 15) is 4.79 Å². The number of aliphatic hydroxyl groups is 1. The minimum atomic E-state index is -0.295. The summed E-state index contributed by atoms with van der Waals surface area (Å²) in [4.78, 5) is 12.0. The van der Waals surface area contributed by atoms with Gasteiger partial charge in [0.1, 0.15) is 0 Å². The van der Waals surface area contributed by atoms with Crippen molar-refractivity contribution >= 4 is 5.91 Å². The lowest BCUT2D eigenvalue weighted by molar-refractivity contribution is -0.123. The van der Waals surface area contributed by atoms with Crippen LogP contribution in [0.3, 0.4) is 0 Å². The molecule has 2 atom stereocenters. The average Bonchev–Trinajstić information content (AvgIpc) is 2.42.